The smallest absolute Gasteiger partial charge is 0.322 e. The van der Waals surface area contributed by atoms with Gasteiger partial charge in [-0.15, -0.1) is 0 Å². The van der Waals surface area contributed by atoms with Crippen molar-refractivity contribution in [2.75, 3.05) is 5.32 Å². The summed E-state index contributed by atoms with van der Waals surface area (Å²) in [5.74, 6) is -0.443. The van der Waals surface area contributed by atoms with Crippen LogP contribution < -0.4 is 16.0 Å². The lowest BCUT2D eigenvalue weighted by atomic mass is 10.0. The molecule has 0 radical (unpaired) electrons. The van der Waals surface area contributed by atoms with Crippen molar-refractivity contribution in [2.24, 2.45) is 5.14 Å². The number of anilines is 1. The van der Waals surface area contributed by atoms with Crippen LogP contribution in [0.2, 0.25) is 0 Å². The van der Waals surface area contributed by atoms with Gasteiger partial charge in [0, 0.05) is 28.4 Å². The maximum Gasteiger partial charge on any atom is 0.433 e. The second-order valence-corrected chi connectivity index (χ2v) is 10.5. The number of benzene rings is 3. The van der Waals surface area contributed by atoms with Crippen molar-refractivity contribution in [1.82, 2.24) is 14.8 Å². The number of sulfonamides is 1. The van der Waals surface area contributed by atoms with Crippen LogP contribution in [-0.2, 0) is 22.7 Å². The van der Waals surface area contributed by atoms with Crippen LogP contribution in [0.15, 0.2) is 94.9 Å². The molecule has 0 aliphatic rings. The predicted octanol–water partition coefficient (Wildman–Crippen LogP) is 4.36. The monoisotopic (exact) mass is 567 g/mol. The van der Waals surface area contributed by atoms with Crippen LogP contribution in [-0.4, -0.2) is 29.1 Å². The van der Waals surface area contributed by atoms with Gasteiger partial charge in [-0.3, -0.25) is 14.7 Å². The molecule has 0 unspecified atom stereocenters. The summed E-state index contributed by atoms with van der Waals surface area (Å²) in [6, 6.07) is 18.1. The molecule has 13 heteroatoms. The van der Waals surface area contributed by atoms with Gasteiger partial charge in [-0.1, -0.05) is 18.2 Å². The lowest BCUT2D eigenvalue weighted by Crippen LogP contribution is -2.20. The minimum Gasteiger partial charge on any atom is -0.322 e. The van der Waals surface area contributed by atoms with Gasteiger partial charge in [0.2, 0.25) is 10.0 Å². The van der Waals surface area contributed by atoms with Crippen LogP contribution >= 0.6 is 0 Å². The van der Waals surface area contributed by atoms with Gasteiger partial charge in [-0.05, 0) is 71.1 Å². The molecule has 0 saturated heterocycles. The van der Waals surface area contributed by atoms with E-state index in [0.717, 1.165) is 6.20 Å². The molecule has 40 heavy (non-hydrogen) atoms. The molecule has 0 bridgehead atoms. The fraction of sp³-hybridized carbons (Fsp3) is 0.0741. The molecule has 0 atom stereocenters. The number of carbonyl (C=O) groups excluding carboxylic acids is 1. The first-order chi connectivity index (χ1) is 18.9. The van der Waals surface area contributed by atoms with Gasteiger partial charge in [-0.25, -0.2) is 13.6 Å². The minimum absolute atomic E-state index is 0.0860. The summed E-state index contributed by atoms with van der Waals surface area (Å²) in [7, 11) is -3.86. The number of carbonyl (C=O) groups is 1. The van der Waals surface area contributed by atoms with E-state index in [-0.39, 0.29) is 28.1 Å². The first-order valence-corrected chi connectivity index (χ1v) is 13.2. The highest BCUT2D eigenvalue weighted by Crippen LogP contribution is 2.36. The molecular formula is C27H20F3N5O4S. The highest BCUT2D eigenvalue weighted by atomic mass is 32.2. The van der Waals surface area contributed by atoms with Gasteiger partial charge in [0.15, 0.2) is 0 Å². The zero-order valence-corrected chi connectivity index (χ0v) is 21.3. The Morgan fingerprint density at radius 3 is 2.48 bits per heavy atom. The third-order valence-electron chi connectivity index (χ3n) is 6.19. The molecule has 3 aromatic carbocycles. The van der Waals surface area contributed by atoms with Crippen molar-refractivity contribution >= 4 is 32.4 Å². The molecule has 5 aromatic rings. The maximum absolute atomic E-state index is 13.3. The second kappa shape index (κ2) is 10.1. The topological polar surface area (TPSA) is 140 Å². The Morgan fingerprint density at radius 1 is 1.02 bits per heavy atom. The summed E-state index contributed by atoms with van der Waals surface area (Å²) in [5.41, 5.74) is 0.167. The van der Waals surface area contributed by atoms with Crippen LogP contribution in [0.4, 0.5) is 18.9 Å². The Morgan fingerprint density at radius 2 is 1.77 bits per heavy atom. The number of aromatic nitrogens is 3. The molecule has 2 heterocycles. The van der Waals surface area contributed by atoms with Gasteiger partial charge in [0.1, 0.15) is 5.69 Å². The van der Waals surface area contributed by atoms with E-state index in [9.17, 15) is 31.2 Å². The Labute approximate surface area is 225 Å². The first kappa shape index (κ1) is 26.8. The van der Waals surface area contributed by atoms with Gasteiger partial charge in [-0.2, -0.15) is 18.3 Å². The number of nitrogens with one attached hydrogen (secondary N) is 2. The van der Waals surface area contributed by atoms with Gasteiger partial charge < -0.3 is 9.88 Å². The van der Waals surface area contributed by atoms with Gasteiger partial charge in [0.25, 0.3) is 11.5 Å². The molecule has 204 valence electrons. The predicted molar refractivity (Wildman–Crippen MR) is 142 cm³/mol. The fourth-order valence-corrected chi connectivity index (χ4v) is 4.76. The number of nitrogens with two attached hydrogens (primary N) is 1. The molecular weight excluding hydrogens is 547 g/mol. The number of amides is 1. The largest absolute Gasteiger partial charge is 0.433 e. The highest BCUT2D eigenvalue weighted by molar-refractivity contribution is 7.89. The molecule has 0 aliphatic heterocycles. The van der Waals surface area contributed by atoms with Crippen molar-refractivity contribution < 1.29 is 26.4 Å². The van der Waals surface area contributed by atoms with Crippen molar-refractivity contribution in [3.63, 3.8) is 0 Å². The number of fused-ring (bicyclic) bond motifs is 1. The third-order valence-corrected chi connectivity index (χ3v) is 7.12. The standard InChI is InChI=1S/C27H20F3N5O4S/c28-27(29,30)24-23(14-32-34-24)17-4-9-22-18(13-17)10-11-35(26(22)37)15-16-2-1-3-19(12-16)25(36)33-20-5-7-21(8-6-20)40(31,38)39/h1-14H,15H2,(H,32,34)(H,33,36)(H2,31,38,39). The number of halogens is 3. The molecule has 0 spiro atoms. The highest BCUT2D eigenvalue weighted by Gasteiger charge is 2.35. The van der Waals surface area contributed by atoms with Crippen LogP contribution in [0, 0.1) is 0 Å². The van der Waals surface area contributed by atoms with Crippen LogP contribution in [0.3, 0.4) is 0 Å². The number of hydrogen-bond donors (Lipinski definition) is 3. The van der Waals surface area contributed by atoms with Crippen molar-refractivity contribution in [3.8, 4) is 11.1 Å². The van der Waals surface area contributed by atoms with E-state index < -0.39 is 27.8 Å². The summed E-state index contributed by atoms with van der Waals surface area (Å²) in [5, 5.41) is 14.0. The number of hydrogen-bond acceptors (Lipinski definition) is 5. The Bertz CT molecular complexity index is 1910. The normalized spacial score (nSPS) is 12.0. The van der Waals surface area contributed by atoms with Crippen molar-refractivity contribution in [1.29, 1.82) is 0 Å². The molecule has 4 N–H and O–H groups in total. The SMILES string of the molecule is NS(=O)(=O)c1ccc(NC(=O)c2cccc(Cn3ccc4cc(-c5cn[nH]c5C(F)(F)F)ccc4c3=O)c2)cc1. The number of nitrogens with zero attached hydrogens (tertiary/aromatic N) is 2. The van der Waals surface area contributed by atoms with E-state index in [1.165, 1.54) is 53.2 Å². The van der Waals surface area contributed by atoms with Crippen LogP contribution in [0.5, 0.6) is 0 Å². The maximum atomic E-state index is 13.3. The number of primary sulfonamides is 1. The summed E-state index contributed by atoms with van der Waals surface area (Å²) in [4.78, 5) is 25.8. The van der Waals surface area contributed by atoms with E-state index in [2.05, 4.69) is 10.4 Å². The van der Waals surface area contributed by atoms with Crippen LogP contribution in [0.25, 0.3) is 21.9 Å². The average molecular weight is 568 g/mol. The Balaban J connectivity index is 1.36. The summed E-state index contributed by atoms with van der Waals surface area (Å²) in [6.45, 7) is 0.140. The second-order valence-electron chi connectivity index (χ2n) is 8.93. The summed E-state index contributed by atoms with van der Waals surface area (Å²) < 4.78 is 64.1. The number of aromatic amines is 1. The number of H-pyrrole nitrogens is 1. The van der Waals surface area contributed by atoms with E-state index in [4.69, 9.17) is 5.14 Å². The van der Waals surface area contributed by atoms with Crippen molar-refractivity contribution in [3.05, 3.63) is 112 Å². The number of alkyl halides is 3. The summed E-state index contributed by atoms with van der Waals surface area (Å²) >= 11 is 0. The van der Waals surface area contributed by atoms with E-state index in [1.807, 2.05) is 5.10 Å². The van der Waals surface area contributed by atoms with Crippen LogP contribution in [0.1, 0.15) is 21.6 Å². The Hall–Kier alpha value is -4.75. The molecule has 5 rings (SSSR count). The zero-order valence-electron chi connectivity index (χ0n) is 20.4. The van der Waals surface area contributed by atoms with Gasteiger partial charge in [0.05, 0.1) is 17.6 Å². The summed E-state index contributed by atoms with van der Waals surface area (Å²) in [6.07, 6.45) is -1.98. The molecule has 0 aliphatic carbocycles. The van der Waals surface area contributed by atoms with Crippen molar-refractivity contribution in [2.45, 2.75) is 17.6 Å². The molecule has 0 saturated carbocycles. The first-order valence-electron chi connectivity index (χ1n) is 11.7. The van der Waals surface area contributed by atoms with E-state index in [1.54, 1.807) is 30.3 Å². The number of pyridine rings is 1. The van der Waals surface area contributed by atoms with E-state index in [0.29, 0.717) is 27.6 Å². The zero-order chi connectivity index (χ0) is 28.7. The minimum atomic E-state index is -4.60. The quantitative estimate of drug-likeness (QED) is 0.280. The molecule has 9 nitrogen and oxygen atoms in total. The van der Waals surface area contributed by atoms with E-state index >= 15 is 0 Å². The lowest BCUT2D eigenvalue weighted by molar-refractivity contribution is -0.140. The molecule has 2 aromatic heterocycles. The third kappa shape index (κ3) is 5.51. The average Bonchev–Trinajstić information content (AvgIpc) is 3.41. The van der Waals surface area contributed by atoms with Gasteiger partial charge >= 0.3 is 6.18 Å². The number of rotatable bonds is 6. The molecule has 1 amide bonds. The molecule has 0 fully saturated rings. The fourth-order valence-electron chi connectivity index (χ4n) is 4.24. The lowest BCUT2D eigenvalue weighted by Gasteiger charge is -2.11. The Kier molecular flexibility index (Phi) is 6.77.